The molecule has 0 spiro atoms. The van der Waals surface area contributed by atoms with Crippen molar-refractivity contribution in [1.82, 2.24) is 15.0 Å². The van der Waals surface area contributed by atoms with Crippen molar-refractivity contribution in [3.63, 3.8) is 0 Å². The van der Waals surface area contributed by atoms with E-state index in [0.29, 0.717) is 12.8 Å². The zero-order chi connectivity index (χ0) is 9.14. The van der Waals surface area contributed by atoms with Gasteiger partial charge in [-0.25, -0.2) is 9.48 Å². The van der Waals surface area contributed by atoms with Gasteiger partial charge in [0.2, 0.25) is 5.69 Å². The van der Waals surface area contributed by atoms with Gasteiger partial charge < -0.3 is 5.11 Å². The molecule has 0 aliphatic rings. The van der Waals surface area contributed by atoms with Crippen molar-refractivity contribution < 1.29 is 14.7 Å². The fourth-order valence-corrected chi connectivity index (χ4v) is 0.823. The lowest BCUT2D eigenvalue weighted by atomic mass is 10.3. The van der Waals surface area contributed by atoms with Crippen LogP contribution >= 0.6 is 0 Å². The van der Waals surface area contributed by atoms with Gasteiger partial charge in [0.05, 0.1) is 0 Å². The molecule has 1 N–H and O–H groups in total. The monoisotopic (exact) mass is 169 g/mol. The van der Waals surface area contributed by atoms with Crippen molar-refractivity contribution in [2.45, 2.75) is 13.5 Å². The molecule has 0 aliphatic heterocycles. The zero-order valence-electron chi connectivity index (χ0n) is 6.39. The Bertz CT molecular complexity index is 318. The van der Waals surface area contributed by atoms with Crippen LogP contribution in [0.1, 0.15) is 27.9 Å². The minimum Gasteiger partial charge on any atom is -0.476 e. The second kappa shape index (κ2) is 3.12. The predicted molar refractivity (Wildman–Crippen MR) is 38.0 cm³/mol. The third-order valence-electron chi connectivity index (χ3n) is 1.39. The highest BCUT2D eigenvalue weighted by atomic mass is 16.4. The first-order valence-electron chi connectivity index (χ1n) is 3.32. The number of carboxylic acids is 1. The Morgan fingerprint density at radius 1 is 1.75 bits per heavy atom. The summed E-state index contributed by atoms with van der Waals surface area (Å²) in [6.07, 6.45) is 0.437. The minimum atomic E-state index is -1.24. The average Bonchev–Trinajstić information content (AvgIpc) is 2.46. The third-order valence-corrected chi connectivity index (χ3v) is 1.39. The molecule has 64 valence electrons. The first-order chi connectivity index (χ1) is 5.70. The van der Waals surface area contributed by atoms with E-state index < -0.39 is 5.97 Å². The molecule has 0 aliphatic carbocycles. The number of hydrogen-bond donors (Lipinski definition) is 1. The largest absolute Gasteiger partial charge is 0.476 e. The van der Waals surface area contributed by atoms with Gasteiger partial charge in [-0.15, -0.1) is 5.10 Å². The highest BCUT2D eigenvalue weighted by Gasteiger charge is 2.16. The number of carbonyl (C=O) groups is 2. The van der Waals surface area contributed by atoms with Crippen molar-refractivity contribution in [1.29, 1.82) is 0 Å². The summed E-state index contributed by atoms with van der Waals surface area (Å²) in [6, 6.07) is 0. The van der Waals surface area contributed by atoms with Crippen molar-refractivity contribution >= 4 is 12.3 Å². The number of aromatic nitrogens is 3. The number of nitrogens with zero attached hydrogens (tertiary/aromatic N) is 3. The lowest BCUT2D eigenvalue weighted by Crippen LogP contribution is -2.05. The van der Waals surface area contributed by atoms with Crippen molar-refractivity contribution in [3.8, 4) is 0 Å². The van der Waals surface area contributed by atoms with Crippen LogP contribution in [0.2, 0.25) is 0 Å². The Balaban J connectivity index is 3.22. The number of hydrogen-bond acceptors (Lipinski definition) is 4. The van der Waals surface area contributed by atoms with E-state index in [2.05, 4.69) is 10.3 Å². The maximum atomic E-state index is 10.4. The van der Waals surface area contributed by atoms with Crippen LogP contribution in [0, 0.1) is 0 Å². The smallest absolute Gasteiger partial charge is 0.358 e. The van der Waals surface area contributed by atoms with E-state index in [-0.39, 0.29) is 11.4 Å². The maximum Gasteiger partial charge on any atom is 0.358 e. The van der Waals surface area contributed by atoms with Crippen LogP contribution in [0.4, 0.5) is 0 Å². The molecule has 1 aromatic rings. The van der Waals surface area contributed by atoms with E-state index in [1.165, 1.54) is 4.68 Å². The SMILES string of the molecule is CCn1nnc(C(=O)O)c1C=O. The molecule has 0 aromatic carbocycles. The van der Waals surface area contributed by atoms with Crippen LogP contribution in [0.3, 0.4) is 0 Å². The standard InChI is InChI=1S/C6H7N3O3/c1-2-9-4(3-10)5(6(11)12)7-8-9/h3H,2H2,1H3,(H,11,12). The van der Waals surface area contributed by atoms with E-state index in [1.807, 2.05) is 0 Å². The molecule has 0 amide bonds. The fourth-order valence-electron chi connectivity index (χ4n) is 0.823. The van der Waals surface area contributed by atoms with Gasteiger partial charge in [-0.3, -0.25) is 4.79 Å². The van der Waals surface area contributed by atoms with Gasteiger partial charge in [0, 0.05) is 6.54 Å². The molecule has 6 nitrogen and oxygen atoms in total. The van der Waals surface area contributed by atoms with Crippen LogP contribution < -0.4 is 0 Å². The van der Waals surface area contributed by atoms with Gasteiger partial charge in [-0.2, -0.15) is 0 Å². The van der Waals surface area contributed by atoms with Crippen LogP contribution in [0.25, 0.3) is 0 Å². The second-order valence-corrected chi connectivity index (χ2v) is 2.06. The fraction of sp³-hybridized carbons (Fsp3) is 0.333. The summed E-state index contributed by atoms with van der Waals surface area (Å²) in [6.45, 7) is 2.17. The Labute approximate surface area is 67.8 Å². The van der Waals surface area contributed by atoms with Crippen molar-refractivity contribution in [3.05, 3.63) is 11.4 Å². The molecule has 1 heterocycles. The number of carboxylic acid groups (broad SMARTS) is 1. The Kier molecular flexibility index (Phi) is 2.18. The first-order valence-corrected chi connectivity index (χ1v) is 3.32. The average molecular weight is 169 g/mol. The number of aromatic carboxylic acids is 1. The van der Waals surface area contributed by atoms with Gasteiger partial charge in [0.1, 0.15) is 5.69 Å². The minimum absolute atomic E-state index is 0.00463. The van der Waals surface area contributed by atoms with Crippen LogP contribution in [-0.4, -0.2) is 32.4 Å². The molecule has 0 bridgehead atoms. The highest BCUT2D eigenvalue weighted by molar-refractivity contribution is 5.93. The summed E-state index contributed by atoms with van der Waals surface area (Å²) >= 11 is 0. The van der Waals surface area contributed by atoms with E-state index in [0.717, 1.165) is 0 Å². The topological polar surface area (TPSA) is 85.1 Å². The van der Waals surface area contributed by atoms with Crippen LogP contribution in [0.15, 0.2) is 0 Å². The molecule has 0 radical (unpaired) electrons. The van der Waals surface area contributed by atoms with E-state index >= 15 is 0 Å². The predicted octanol–water partition coefficient (Wildman–Crippen LogP) is -0.191. The summed E-state index contributed by atoms with van der Waals surface area (Å²) in [4.78, 5) is 20.8. The van der Waals surface area contributed by atoms with Gasteiger partial charge in [-0.05, 0) is 6.92 Å². The van der Waals surface area contributed by atoms with Gasteiger partial charge in [0.15, 0.2) is 6.29 Å². The molecule has 0 atom stereocenters. The Morgan fingerprint density at radius 2 is 2.42 bits per heavy atom. The zero-order valence-corrected chi connectivity index (χ0v) is 6.39. The number of carbonyl (C=O) groups excluding carboxylic acids is 1. The first kappa shape index (κ1) is 8.38. The maximum absolute atomic E-state index is 10.4. The molecule has 12 heavy (non-hydrogen) atoms. The van der Waals surface area contributed by atoms with Gasteiger partial charge >= 0.3 is 5.97 Å². The third kappa shape index (κ3) is 1.18. The van der Waals surface area contributed by atoms with Gasteiger partial charge in [0.25, 0.3) is 0 Å². The molecule has 0 saturated carbocycles. The van der Waals surface area contributed by atoms with Gasteiger partial charge in [-0.1, -0.05) is 5.21 Å². The van der Waals surface area contributed by atoms with Crippen molar-refractivity contribution in [2.24, 2.45) is 0 Å². The number of rotatable bonds is 3. The summed E-state index contributed by atoms with van der Waals surface area (Å²) in [5.41, 5.74) is -0.295. The summed E-state index contributed by atoms with van der Waals surface area (Å²) in [5, 5.41) is 15.4. The van der Waals surface area contributed by atoms with E-state index in [4.69, 9.17) is 5.11 Å². The number of aryl methyl sites for hydroxylation is 1. The highest BCUT2D eigenvalue weighted by Crippen LogP contribution is 2.01. The molecule has 0 fully saturated rings. The quantitative estimate of drug-likeness (QED) is 0.634. The normalized spacial score (nSPS) is 9.75. The molecule has 0 unspecified atom stereocenters. The van der Waals surface area contributed by atoms with Crippen LogP contribution in [-0.2, 0) is 6.54 Å². The summed E-state index contributed by atoms with van der Waals surface area (Å²) in [5.74, 6) is -1.24. The molecular formula is C6H7N3O3. The Morgan fingerprint density at radius 3 is 2.83 bits per heavy atom. The molecular weight excluding hydrogens is 162 g/mol. The van der Waals surface area contributed by atoms with E-state index in [9.17, 15) is 9.59 Å². The lowest BCUT2D eigenvalue weighted by molar-refractivity contribution is 0.0687. The van der Waals surface area contributed by atoms with E-state index in [1.54, 1.807) is 6.92 Å². The Hall–Kier alpha value is -1.72. The molecule has 1 rings (SSSR count). The molecule has 0 saturated heterocycles. The second-order valence-electron chi connectivity index (χ2n) is 2.06. The van der Waals surface area contributed by atoms with Crippen LogP contribution in [0.5, 0.6) is 0 Å². The summed E-state index contributed by atoms with van der Waals surface area (Å²) in [7, 11) is 0. The summed E-state index contributed by atoms with van der Waals surface area (Å²) < 4.78 is 1.23. The number of aldehydes is 1. The molecule has 6 heteroatoms. The molecule has 1 aromatic heterocycles. The van der Waals surface area contributed by atoms with Crippen molar-refractivity contribution in [2.75, 3.05) is 0 Å². The lowest BCUT2D eigenvalue weighted by Gasteiger charge is -1.93.